The van der Waals surface area contributed by atoms with E-state index in [2.05, 4.69) is 5.10 Å². The molecule has 0 spiro atoms. The van der Waals surface area contributed by atoms with Gasteiger partial charge in [0.2, 0.25) is 0 Å². The summed E-state index contributed by atoms with van der Waals surface area (Å²) in [6.45, 7) is 1.77. The number of thiophene rings is 1. The Bertz CT molecular complexity index is 909. The van der Waals surface area contributed by atoms with Crippen molar-refractivity contribution in [2.45, 2.75) is 6.92 Å². The Morgan fingerprint density at radius 2 is 1.95 bits per heavy atom. The number of aryl methyl sites for hydroxylation is 1. The van der Waals surface area contributed by atoms with E-state index in [-0.39, 0.29) is 17.0 Å². The van der Waals surface area contributed by atoms with Crippen LogP contribution in [0.15, 0.2) is 34.4 Å². The SMILES string of the molecule is Cc1scc2c(C(=O)O)nn(-c3ccc(O)cc3)c(=O)c12. The molecule has 0 saturated carbocycles. The highest BCUT2D eigenvalue weighted by molar-refractivity contribution is 7.11. The van der Waals surface area contributed by atoms with E-state index in [1.165, 1.54) is 35.6 Å². The number of benzene rings is 1. The van der Waals surface area contributed by atoms with Gasteiger partial charge in [0.15, 0.2) is 5.69 Å². The molecule has 1 aromatic carbocycles. The molecule has 0 fully saturated rings. The fourth-order valence-corrected chi connectivity index (χ4v) is 2.97. The maximum atomic E-state index is 12.5. The number of carboxylic acids is 1. The molecule has 106 valence electrons. The van der Waals surface area contributed by atoms with E-state index in [1.54, 1.807) is 12.3 Å². The lowest BCUT2D eigenvalue weighted by molar-refractivity contribution is 0.0691. The van der Waals surface area contributed by atoms with Crippen LogP contribution in [0, 0.1) is 6.92 Å². The van der Waals surface area contributed by atoms with Crippen molar-refractivity contribution in [1.29, 1.82) is 0 Å². The van der Waals surface area contributed by atoms with E-state index in [9.17, 15) is 19.8 Å². The number of carbonyl (C=O) groups is 1. The van der Waals surface area contributed by atoms with Crippen molar-refractivity contribution in [2.75, 3.05) is 0 Å². The van der Waals surface area contributed by atoms with Crippen molar-refractivity contribution >= 4 is 28.1 Å². The maximum absolute atomic E-state index is 12.5. The summed E-state index contributed by atoms with van der Waals surface area (Å²) in [6.07, 6.45) is 0. The second-order valence-corrected chi connectivity index (χ2v) is 5.55. The first-order valence-corrected chi connectivity index (χ1v) is 6.91. The Morgan fingerprint density at radius 3 is 2.57 bits per heavy atom. The second kappa shape index (κ2) is 4.71. The average Bonchev–Trinajstić information content (AvgIpc) is 2.83. The lowest BCUT2D eigenvalue weighted by Gasteiger charge is -2.07. The number of nitrogens with zero attached hydrogens (tertiary/aromatic N) is 2. The molecular weight excluding hydrogens is 292 g/mol. The van der Waals surface area contributed by atoms with E-state index < -0.39 is 5.97 Å². The molecular formula is C14H10N2O4S. The van der Waals surface area contributed by atoms with Gasteiger partial charge >= 0.3 is 5.97 Å². The molecule has 0 atom stereocenters. The fourth-order valence-electron chi connectivity index (χ4n) is 2.13. The van der Waals surface area contributed by atoms with Crippen LogP contribution in [-0.4, -0.2) is 26.0 Å². The third-order valence-electron chi connectivity index (χ3n) is 3.13. The Hall–Kier alpha value is -2.67. The first-order chi connectivity index (χ1) is 9.99. The molecule has 2 heterocycles. The maximum Gasteiger partial charge on any atom is 0.357 e. The van der Waals surface area contributed by atoms with Gasteiger partial charge in [0, 0.05) is 15.6 Å². The van der Waals surface area contributed by atoms with Gasteiger partial charge in [-0.1, -0.05) is 0 Å². The van der Waals surface area contributed by atoms with Crippen LogP contribution in [0.4, 0.5) is 0 Å². The first kappa shape index (κ1) is 13.3. The lowest BCUT2D eigenvalue weighted by Crippen LogP contribution is -2.24. The Balaban J connectivity index is 2.40. The van der Waals surface area contributed by atoms with Crippen molar-refractivity contribution in [3.05, 3.63) is 50.6 Å². The van der Waals surface area contributed by atoms with Crippen LogP contribution in [0.3, 0.4) is 0 Å². The highest BCUT2D eigenvalue weighted by atomic mass is 32.1. The van der Waals surface area contributed by atoms with Gasteiger partial charge < -0.3 is 10.2 Å². The van der Waals surface area contributed by atoms with Gasteiger partial charge in [0.25, 0.3) is 5.56 Å². The zero-order chi connectivity index (χ0) is 15.1. The number of phenols is 1. The van der Waals surface area contributed by atoms with Crippen LogP contribution in [0.1, 0.15) is 15.4 Å². The second-order valence-electron chi connectivity index (χ2n) is 4.47. The first-order valence-electron chi connectivity index (χ1n) is 6.03. The lowest BCUT2D eigenvalue weighted by atomic mass is 10.2. The standard InChI is InChI=1S/C14H10N2O4S/c1-7-11-10(6-21-7)12(14(19)20)15-16(13(11)18)8-2-4-9(17)5-3-8/h2-6,17H,1H3,(H,19,20). The Morgan fingerprint density at radius 1 is 1.29 bits per heavy atom. The Labute approximate surface area is 122 Å². The van der Waals surface area contributed by atoms with Crippen LogP contribution in [0.25, 0.3) is 16.5 Å². The highest BCUT2D eigenvalue weighted by Gasteiger charge is 2.19. The number of hydrogen-bond donors (Lipinski definition) is 2. The molecule has 3 rings (SSSR count). The minimum absolute atomic E-state index is 0.0537. The monoisotopic (exact) mass is 302 g/mol. The van der Waals surface area contributed by atoms with Crippen LogP contribution in [0.5, 0.6) is 5.75 Å². The molecule has 2 aromatic heterocycles. The minimum Gasteiger partial charge on any atom is -0.508 e. The Kier molecular flexibility index (Phi) is 2.99. The van der Waals surface area contributed by atoms with E-state index in [0.29, 0.717) is 16.5 Å². The molecule has 0 amide bonds. The number of fused-ring (bicyclic) bond motifs is 1. The summed E-state index contributed by atoms with van der Waals surface area (Å²) in [5.41, 5.74) is -0.144. The van der Waals surface area contributed by atoms with Crippen molar-refractivity contribution in [3.63, 3.8) is 0 Å². The summed E-state index contributed by atoms with van der Waals surface area (Å²) >= 11 is 1.31. The largest absolute Gasteiger partial charge is 0.508 e. The summed E-state index contributed by atoms with van der Waals surface area (Å²) in [5, 5.41) is 24.9. The molecule has 0 aliphatic heterocycles. The fraction of sp³-hybridized carbons (Fsp3) is 0.0714. The molecule has 0 radical (unpaired) electrons. The number of aromatic hydroxyl groups is 1. The molecule has 0 unspecified atom stereocenters. The summed E-state index contributed by atoms with van der Waals surface area (Å²) in [5.74, 6) is -1.14. The predicted molar refractivity (Wildman–Crippen MR) is 78.6 cm³/mol. The van der Waals surface area contributed by atoms with Crippen LogP contribution in [-0.2, 0) is 0 Å². The van der Waals surface area contributed by atoms with Crippen molar-refractivity contribution in [2.24, 2.45) is 0 Å². The van der Waals surface area contributed by atoms with Gasteiger partial charge in [-0.15, -0.1) is 11.3 Å². The molecule has 7 heteroatoms. The molecule has 21 heavy (non-hydrogen) atoms. The van der Waals surface area contributed by atoms with Gasteiger partial charge in [-0.2, -0.15) is 9.78 Å². The van der Waals surface area contributed by atoms with E-state index in [0.717, 1.165) is 9.56 Å². The molecule has 0 aliphatic rings. The van der Waals surface area contributed by atoms with E-state index in [4.69, 9.17) is 0 Å². The number of aromatic nitrogens is 2. The van der Waals surface area contributed by atoms with Crippen molar-refractivity contribution in [1.82, 2.24) is 9.78 Å². The van der Waals surface area contributed by atoms with Crippen LogP contribution >= 0.6 is 11.3 Å². The van der Waals surface area contributed by atoms with E-state index >= 15 is 0 Å². The van der Waals surface area contributed by atoms with Gasteiger partial charge in [-0.3, -0.25) is 4.79 Å². The molecule has 0 aliphatic carbocycles. The number of phenolic OH excluding ortho intramolecular Hbond substituents is 1. The summed E-state index contributed by atoms with van der Waals surface area (Å²) in [7, 11) is 0. The number of rotatable bonds is 2. The summed E-state index contributed by atoms with van der Waals surface area (Å²) in [4.78, 5) is 24.6. The molecule has 6 nitrogen and oxygen atoms in total. The number of aromatic carboxylic acids is 1. The predicted octanol–water partition coefficient (Wildman–Crippen LogP) is 2.16. The van der Waals surface area contributed by atoms with Gasteiger partial charge in [-0.05, 0) is 31.2 Å². The van der Waals surface area contributed by atoms with Crippen LogP contribution in [0.2, 0.25) is 0 Å². The molecule has 3 aromatic rings. The zero-order valence-electron chi connectivity index (χ0n) is 10.9. The van der Waals surface area contributed by atoms with E-state index in [1.807, 2.05) is 0 Å². The summed E-state index contributed by atoms with van der Waals surface area (Å²) in [6, 6.07) is 5.83. The van der Waals surface area contributed by atoms with Gasteiger partial charge in [-0.25, -0.2) is 4.79 Å². The van der Waals surface area contributed by atoms with Crippen molar-refractivity contribution < 1.29 is 15.0 Å². The number of hydrogen-bond acceptors (Lipinski definition) is 5. The topological polar surface area (TPSA) is 92.4 Å². The average molecular weight is 302 g/mol. The van der Waals surface area contributed by atoms with Gasteiger partial charge in [0.1, 0.15) is 5.75 Å². The van der Waals surface area contributed by atoms with Crippen LogP contribution < -0.4 is 5.56 Å². The third-order valence-corrected chi connectivity index (χ3v) is 4.04. The third kappa shape index (κ3) is 2.07. The quantitative estimate of drug-likeness (QED) is 0.756. The highest BCUT2D eigenvalue weighted by Crippen LogP contribution is 2.24. The van der Waals surface area contributed by atoms with Gasteiger partial charge in [0.05, 0.1) is 11.1 Å². The van der Waals surface area contributed by atoms with Crippen molar-refractivity contribution in [3.8, 4) is 11.4 Å². The molecule has 2 N–H and O–H groups in total. The molecule has 0 bridgehead atoms. The normalized spacial score (nSPS) is 10.9. The zero-order valence-corrected chi connectivity index (χ0v) is 11.7. The summed E-state index contributed by atoms with van der Waals surface area (Å²) < 4.78 is 1.05. The smallest absolute Gasteiger partial charge is 0.357 e. The minimum atomic E-state index is -1.19. The number of carboxylic acid groups (broad SMARTS) is 1. The molecule has 0 saturated heterocycles.